The maximum absolute atomic E-state index is 13.3. The van der Waals surface area contributed by atoms with Gasteiger partial charge in [0.05, 0.1) is 0 Å². The van der Waals surface area contributed by atoms with Crippen molar-refractivity contribution in [1.29, 1.82) is 0 Å². The molecule has 0 aliphatic carbocycles. The second kappa shape index (κ2) is 9.03. The molecule has 3 heteroatoms. The molecule has 19 heavy (non-hydrogen) atoms. The number of benzene rings is 1. The van der Waals surface area contributed by atoms with E-state index < -0.39 is 11.6 Å². The summed E-state index contributed by atoms with van der Waals surface area (Å²) in [4.78, 5) is 0. The van der Waals surface area contributed by atoms with Gasteiger partial charge in [0.15, 0.2) is 11.6 Å². The lowest BCUT2D eigenvalue weighted by Crippen LogP contribution is -2.16. The Morgan fingerprint density at radius 2 is 1.79 bits per heavy atom. The van der Waals surface area contributed by atoms with Crippen LogP contribution in [0, 0.1) is 17.6 Å². The lowest BCUT2D eigenvalue weighted by atomic mass is 10.0. The van der Waals surface area contributed by atoms with Crippen molar-refractivity contribution < 1.29 is 8.78 Å². The molecule has 1 aromatic rings. The molecule has 0 atom stereocenters. The first-order valence-electron chi connectivity index (χ1n) is 7.25. The largest absolute Gasteiger partial charge is 0.313 e. The minimum atomic E-state index is -0.770. The van der Waals surface area contributed by atoms with Gasteiger partial charge >= 0.3 is 0 Å². The van der Waals surface area contributed by atoms with Crippen LogP contribution in [0.3, 0.4) is 0 Å². The molecule has 0 saturated carbocycles. The number of unbranched alkanes of at least 4 members (excludes halogenated alkanes) is 3. The van der Waals surface area contributed by atoms with Crippen molar-refractivity contribution >= 4 is 0 Å². The monoisotopic (exact) mass is 269 g/mol. The molecule has 1 nitrogen and oxygen atoms in total. The average Bonchev–Trinajstić information content (AvgIpc) is 2.37. The highest BCUT2D eigenvalue weighted by molar-refractivity contribution is 5.18. The number of rotatable bonds is 9. The molecule has 0 saturated heterocycles. The van der Waals surface area contributed by atoms with Crippen LogP contribution in [0.2, 0.25) is 0 Å². The molecule has 0 radical (unpaired) electrons. The van der Waals surface area contributed by atoms with Gasteiger partial charge in [0, 0.05) is 12.1 Å². The normalized spacial score (nSPS) is 11.2. The summed E-state index contributed by atoms with van der Waals surface area (Å²) in [5.41, 5.74) is 0.403. The van der Waals surface area contributed by atoms with Gasteiger partial charge in [0.1, 0.15) is 0 Å². The van der Waals surface area contributed by atoms with Gasteiger partial charge in [-0.2, -0.15) is 0 Å². The quantitative estimate of drug-likeness (QED) is 0.643. The molecule has 0 unspecified atom stereocenters. The second-order valence-corrected chi connectivity index (χ2v) is 5.49. The van der Waals surface area contributed by atoms with Gasteiger partial charge in [-0.05, 0) is 24.9 Å². The van der Waals surface area contributed by atoms with Gasteiger partial charge < -0.3 is 5.32 Å². The van der Waals surface area contributed by atoms with Crippen molar-refractivity contribution in [2.45, 2.75) is 52.5 Å². The van der Waals surface area contributed by atoms with E-state index in [2.05, 4.69) is 19.2 Å². The molecule has 1 aromatic carbocycles. The fourth-order valence-electron chi connectivity index (χ4n) is 2.06. The highest BCUT2D eigenvalue weighted by Crippen LogP contribution is 2.11. The van der Waals surface area contributed by atoms with Crippen molar-refractivity contribution in [1.82, 2.24) is 5.32 Å². The molecule has 0 fully saturated rings. The van der Waals surface area contributed by atoms with E-state index in [1.165, 1.54) is 25.7 Å². The SMILES string of the molecule is CC(C)CCCCCCNCc1cccc(F)c1F. The van der Waals surface area contributed by atoms with Crippen LogP contribution in [-0.4, -0.2) is 6.54 Å². The van der Waals surface area contributed by atoms with E-state index in [1.54, 1.807) is 12.1 Å². The smallest absolute Gasteiger partial charge is 0.163 e. The topological polar surface area (TPSA) is 12.0 Å². The first-order valence-corrected chi connectivity index (χ1v) is 7.25. The van der Waals surface area contributed by atoms with Crippen molar-refractivity contribution in [3.8, 4) is 0 Å². The zero-order valence-corrected chi connectivity index (χ0v) is 12.0. The third-order valence-corrected chi connectivity index (χ3v) is 3.23. The van der Waals surface area contributed by atoms with Crippen molar-refractivity contribution in [3.63, 3.8) is 0 Å². The van der Waals surface area contributed by atoms with Gasteiger partial charge in [-0.1, -0.05) is 51.7 Å². The van der Waals surface area contributed by atoms with Crippen LogP contribution in [-0.2, 0) is 6.54 Å². The molecule has 1 N–H and O–H groups in total. The Kier molecular flexibility index (Phi) is 7.65. The van der Waals surface area contributed by atoms with Gasteiger partial charge in [0.25, 0.3) is 0 Å². The highest BCUT2D eigenvalue weighted by atomic mass is 19.2. The van der Waals surface area contributed by atoms with E-state index in [1.807, 2.05) is 0 Å². The Morgan fingerprint density at radius 3 is 2.53 bits per heavy atom. The number of hydrogen-bond donors (Lipinski definition) is 1. The molecule has 0 spiro atoms. The highest BCUT2D eigenvalue weighted by Gasteiger charge is 2.06. The average molecular weight is 269 g/mol. The third kappa shape index (κ3) is 6.67. The molecule has 108 valence electrons. The zero-order chi connectivity index (χ0) is 14.1. The van der Waals surface area contributed by atoms with Gasteiger partial charge in [-0.25, -0.2) is 8.78 Å². The van der Waals surface area contributed by atoms with E-state index in [4.69, 9.17) is 0 Å². The van der Waals surface area contributed by atoms with E-state index in [0.717, 1.165) is 24.9 Å². The lowest BCUT2D eigenvalue weighted by Gasteiger charge is -2.07. The molecular weight excluding hydrogens is 244 g/mol. The molecule has 1 rings (SSSR count). The Balaban J connectivity index is 2.06. The summed E-state index contributed by atoms with van der Waals surface area (Å²) in [6, 6.07) is 4.31. The number of hydrogen-bond acceptors (Lipinski definition) is 1. The lowest BCUT2D eigenvalue weighted by molar-refractivity contribution is 0.488. The minimum absolute atomic E-state index is 0.398. The molecule has 0 aliphatic rings. The summed E-state index contributed by atoms with van der Waals surface area (Å²) in [6.45, 7) is 5.75. The Labute approximate surface area is 115 Å². The van der Waals surface area contributed by atoms with E-state index >= 15 is 0 Å². The van der Waals surface area contributed by atoms with Gasteiger partial charge in [-0.15, -0.1) is 0 Å². The summed E-state index contributed by atoms with van der Waals surface area (Å²) in [6.07, 6.45) is 6.13. The van der Waals surface area contributed by atoms with Crippen molar-refractivity contribution in [3.05, 3.63) is 35.4 Å². The first kappa shape index (κ1) is 16.1. The molecule has 0 aromatic heterocycles. The zero-order valence-electron chi connectivity index (χ0n) is 12.0. The third-order valence-electron chi connectivity index (χ3n) is 3.23. The van der Waals surface area contributed by atoms with E-state index in [9.17, 15) is 8.78 Å². The van der Waals surface area contributed by atoms with Crippen LogP contribution in [0.1, 0.15) is 51.5 Å². The molecule has 0 aliphatic heterocycles. The predicted octanol–water partition coefficient (Wildman–Crippen LogP) is 4.66. The summed E-state index contributed by atoms with van der Waals surface area (Å²) < 4.78 is 26.3. The second-order valence-electron chi connectivity index (χ2n) is 5.49. The Morgan fingerprint density at radius 1 is 1.05 bits per heavy atom. The van der Waals surface area contributed by atoms with Gasteiger partial charge in [0.2, 0.25) is 0 Å². The van der Waals surface area contributed by atoms with E-state index in [0.29, 0.717) is 12.1 Å². The van der Waals surface area contributed by atoms with Crippen LogP contribution in [0.15, 0.2) is 18.2 Å². The van der Waals surface area contributed by atoms with Gasteiger partial charge in [-0.3, -0.25) is 0 Å². The Bertz CT molecular complexity index is 364. The molecule has 0 amide bonds. The number of halogens is 2. The summed E-state index contributed by atoms with van der Waals surface area (Å²) in [7, 11) is 0. The molecular formula is C16H25F2N. The minimum Gasteiger partial charge on any atom is -0.313 e. The fourth-order valence-corrected chi connectivity index (χ4v) is 2.06. The maximum Gasteiger partial charge on any atom is 0.163 e. The summed E-state index contributed by atoms with van der Waals surface area (Å²) in [5.74, 6) is -0.714. The maximum atomic E-state index is 13.3. The fraction of sp³-hybridized carbons (Fsp3) is 0.625. The van der Waals surface area contributed by atoms with Crippen LogP contribution in [0.5, 0.6) is 0 Å². The summed E-state index contributed by atoms with van der Waals surface area (Å²) in [5, 5.41) is 3.16. The number of nitrogens with one attached hydrogen (secondary N) is 1. The standard InChI is InChI=1S/C16H25F2N/c1-13(2)8-5-3-4-6-11-19-12-14-9-7-10-15(17)16(14)18/h7,9-10,13,19H,3-6,8,11-12H2,1-2H3. The molecule has 0 bridgehead atoms. The first-order chi connectivity index (χ1) is 9.11. The molecule has 0 heterocycles. The van der Waals surface area contributed by atoms with Crippen LogP contribution >= 0.6 is 0 Å². The summed E-state index contributed by atoms with van der Waals surface area (Å²) >= 11 is 0. The van der Waals surface area contributed by atoms with E-state index in [-0.39, 0.29) is 0 Å². The van der Waals surface area contributed by atoms with Crippen LogP contribution in [0.4, 0.5) is 8.78 Å². The van der Waals surface area contributed by atoms with Crippen LogP contribution < -0.4 is 5.32 Å². The Hall–Kier alpha value is -0.960. The predicted molar refractivity (Wildman–Crippen MR) is 76.0 cm³/mol. The van der Waals surface area contributed by atoms with Crippen molar-refractivity contribution in [2.24, 2.45) is 5.92 Å². The van der Waals surface area contributed by atoms with Crippen LogP contribution in [0.25, 0.3) is 0 Å². The van der Waals surface area contributed by atoms with Crippen molar-refractivity contribution in [2.75, 3.05) is 6.54 Å².